The Morgan fingerprint density at radius 1 is 1.47 bits per heavy atom. The summed E-state index contributed by atoms with van der Waals surface area (Å²) in [7, 11) is 0. The fraction of sp³-hybridized carbons (Fsp3) is 0.273. The van der Waals surface area contributed by atoms with Gasteiger partial charge in [-0.25, -0.2) is 0 Å². The highest BCUT2D eigenvalue weighted by Gasteiger charge is 2.12. The van der Waals surface area contributed by atoms with Crippen LogP contribution in [0.25, 0.3) is 0 Å². The lowest BCUT2D eigenvalue weighted by atomic mass is 10.1. The standard InChI is InChI=1S/C11H14N2O2/c12-8-9(11(14)15)6-7-13-10-4-2-1-3-5-10/h1-5,8-9,12-13H,6-7H2,(H,14,15). The zero-order valence-electron chi connectivity index (χ0n) is 8.31. The Labute approximate surface area is 88.4 Å². The first-order chi connectivity index (χ1) is 7.24. The molecule has 0 saturated heterocycles. The maximum absolute atomic E-state index is 10.6. The highest BCUT2D eigenvalue weighted by atomic mass is 16.4. The number of benzene rings is 1. The number of para-hydroxylation sites is 1. The summed E-state index contributed by atoms with van der Waals surface area (Å²) in [6.45, 7) is 0.552. The number of hydrogen-bond donors (Lipinski definition) is 3. The van der Waals surface area contributed by atoms with E-state index in [9.17, 15) is 4.79 Å². The van der Waals surface area contributed by atoms with Gasteiger partial charge in [0.15, 0.2) is 0 Å². The molecule has 0 aliphatic carbocycles. The monoisotopic (exact) mass is 206 g/mol. The van der Waals surface area contributed by atoms with E-state index in [1.807, 2.05) is 30.3 Å². The van der Waals surface area contributed by atoms with E-state index in [1.165, 1.54) is 0 Å². The molecule has 1 rings (SSSR count). The molecular formula is C11H14N2O2. The van der Waals surface area contributed by atoms with Gasteiger partial charge in [0.1, 0.15) is 0 Å². The molecular weight excluding hydrogens is 192 g/mol. The number of carboxylic acid groups (broad SMARTS) is 1. The zero-order chi connectivity index (χ0) is 11.1. The van der Waals surface area contributed by atoms with E-state index in [0.717, 1.165) is 11.9 Å². The first-order valence-corrected chi connectivity index (χ1v) is 4.76. The molecule has 0 radical (unpaired) electrons. The van der Waals surface area contributed by atoms with Crippen molar-refractivity contribution in [2.24, 2.45) is 5.92 Å². The van der Waals surface area contributed by atoms with Crippen LogP contribution in [0.15, 0.2) is 30.3 Å². The van der Waals surface area contributed by atoms with Crippen molar-refractivity contribution in [2.75, 3.05) is 11.9 Å². The number of nitrogens with one attached hydrogen (secondary N) is 2. The maximum Gasteiger partial charge on any atom is 0.311 e. The lowest BCUT2D eigenvalue weighted by Gasteiger charge is -2.08. The van der Waals surface area contributed by atoms with Gasteiger partial charge in [-0.2, -0.15) is 0 Å². The van der Waals surface area contributed by atoms with Crippen LogP contribution in [0, 0.1) is 11.3 Å². The van der Waals surface area contributed by atoms with Gasteiger partial charge in [-0.05, 0) is 18.6 Å². The van der Waals surface area contributed by atoms with Crippen molar-refractivity contribution in [3.8, 4) is 0 Å². The van der Waals surface area contributed by atoms with Gasteiger partial charge in [-0.3, -0.25) is 4.79 Å². The molecule has 0 fully saturated rings. The molecule has 1 atom stereocenters. The van der Waals surface area contributed by atoms with Crippen LogP contribution in [-0.4, -0.2) is 23.8 Å². The van der Waals surface area contributed by atoms with E-state index in [-0.39, 0.29) is 0 Å². The fourth-order valence-electron chi connectivity index (χ4n) is 1.21. The van der Waals surface area contributed by atoms with E-state index >= 15 is 0 Å². The normalized spacial score (nSPS) is 11.7. The average molecular weight is 206 g/mol. The highest BCUT2D eigenvalue weighted by molar-refractivity contribution is 5.87. The minimum atomic E-state index is -0.945. The van der Waals surface area contributed by atoms with Crippen molar-refractivity contribution in [3.63, 3.8) is 0 Å². The molecule has 15 heavy (non-hydrogen) atoms. The minimum Gasteiger partial charge on any atom is -0.481 e. The number of rotatable bonds is 6. The Kier molecular flexibility index (Phi) is 4.34. The quantitative estimate of drug-likeness (QED) is 0.622. The van der Waals surface area contributed by atoms with Crippen LogP contribution >= 0.6 is 0 Å². The molecule has 4 nitrogen and oxygen atoms in total. The molecule has 0 aliphatic heterocycles. The Morgan fingerprint density at radius 2 is 2.13 bits per heavy atom. The molecule has 80 valence electrons. The first-order valence-electron chi connectivity index (χ1n) is 4.76. The van der Waals surface area contributed by atoms with Gasteiger partial charge in [-0.15, -0.1) is 0 Å². The highest BCUT2D eigenvalue weighted by Crippen LogP contribution is 2.06. The van der Waals surface area contributed by atoms with Crippen molar-refractivity contribution in [1.29, 1.82) is 5.41 Å². The third-order valence-corrected chi connectivity index (χ3v) is 2.08. The second kappa shape index (κ2) is 5.80. The van der Waals surface area contributed by atoms with Crippen LogP contribution in [0.3, 0.4) is 0 Å². The Morgan fingerprint density at radius 3 is 2.67 bits per heavy atom. The molecule has 3 N–H and O–H groups in total. The van der Waals surface area contributed by atoms with Crippen LogP contribution in [0.5, 0.6) is 0 Å². The second-order valence-corrected chi connectivity index (χ2v) is 3.19. The van der Waals surface area contributed by atoms with Crippen molar-refractivity contribution < 1.29 is 9.90 Å². The minimum absolute atomic E-state index is 0.424. The van der Waals surface area contributed by atoms with E-state index in [0.29, 0.717) is 13.0 Å². The predicted molar refractivity (Wildman–Crippen MR) is 59.5 cm³/mol. The fourth-order valence-corrected chi connectivity index (χ4v) is 1.21. The van der Waals surface area contributed by atoms with Crippen LogP contribution in [-0.2, 0) is 4.79 Å². The Bertz CT molecular complexity index is 325. The average Bonchev–Trinajstić information content (AvgIpc) is 2.25. The summed E-state index contributed by atoms with van der Waals surface area (Å²) in [6, 6.07) is 9.57. The van der Waals surface area contributed by atoms with Gasteiger partial charge in [0.25, 0.3) is 0 Å². The SMILES string of the molecule is N=CC(CCNc1ccccc1)C(=O)O. The van der Waals surface area contributed by atoms with Crippen LogP contribution in [0.4, 0.5) is 5.69 Å². The van der Waals surface area contributed by atoms with E-state index in [1.54, 1.807) is 0 Å². The molecule has 0 saturated carbocycles. The Hall–Kier alpha value is -1.84. The molecule has 0 amide bonds. The number of anilines is 1. The van der Waals surface area contributed by atoms with E-state index in [4.69, 9.17) is 10.5 Å². The first kappa shape index (κ1) is 11.2. The van der Waals surface area contributed by atoms with Crippen molar-refractivity contribution in [2.45, 2.75) is 6.42 Å². The molecule has 1 unspecified atom stereocenters. The third-order valence-electron chi connectivity index (χ3n) is 2.08. The summed E-state index contributed by atoms with van der Waals surface area (Å²) in [4.78, 5) is 10.6. The van der Waals surface area contributed by atoms with Crippen molar-refractivity contribution in [1.82, 2.24) is 0 Å². The molecule has 0 heterocycles. The van der Waals surface area contributed by atoms with Gasteiger partial charge < -0.3 is 15.8 Å². The van der Waals surface area contributed by atoms with Crippen LogP contribution < -0.4 is 5.32 Å². The van der Waals surface area contributed by atoms with Gasteiger partial charge in [-0.1, -0.05) is 18.2 Å². The molecule has 1 aromatic carbocycles. The van der Waals surface area contributed by atoms with E-state index in [2.05, 4.69) is 5.32 Å². The van der Waals surface area contributed by atoms with Gasteiger partial charge in [0.05, 0.1) is 5.92 Å². The van der Waals surface area contributed by atoms with Gasteiger partial charge in [0.2, 0.25) is 0 Å². The largest absolute Gasteiger partial charge is 0.481 e. The molecule has 0 spiro atoms. The summed E-state index contributed by atoms with van der Waals surface area (Å²) >= 11 is 0. The maximum atomic E-state index is 10.6. The molecule has 1 aromatic rings. The molecule has 0 aliphatic rings. The second-order valence-electron chi connectivity index (χ2n) is 3.19. The van der Waals surface area contributed by atoms with E-state index < -0.39 is 11.9 Å². The number of carboxylic acids is 1. The number of aliphatic carboxylic acids is 1. The summed E-state index contributed by atoms with van der Waals surface area (Å²) < 4.78 is 0. The molecule has 4 heteroatoms. The number of carbonyl (C=O) groups is 1. The summed E-state index contributed by atoms with van der Waals surface area (Å²) in [5, 5.41) is 18.7. The zero-order valence-corrected chi connectivity index (χ0v) is 8.31. The molecule has 0 bridgehead atoms. The lowest BCUT2D eigenvalue weighted by Crippen LogP contribution is -2.18. The lowest BCUT2D eigenvalue weighted by molar-refractivity contribution is -0.139. The van der Waals surface area contributed by atoms with Crippen molar-refractivity contribution >= 4 is 17.9 Å². The van der Waals surface area contributed by atoms with Gasteiger partial charge >= 0.3 is 5.97 Å². The van der Waals surface area contributed by atoms with Crippen LogP contribution in [0.1, 0.15) is 6.42 Å². The smallest absolute Gasteiger partial charge is 0.311 e. The van der Waals surface area contributed by atoms with Gasteiger partial charge in [0, 0.05) is 18.4 Å². The number of hydrogen-bond acceptors (Lipinski definition) is 3. The topological polar surface area (TPSA) is 73.2 Å². The van der Waals surface area contributed by atoms with Crippen molar-refractivity contribution in [3.05, 3.63) is 30.3 Å². The summed E-state index contributed by atoms with van der Waals surface area (Å²) in [5.41, 5.74) is 0.964. The Balaban J connectivity index is 2.33. The van der Waals surface area contributed by atoms with Crippen LogP contribution in [0.2, 0.25) is 0 Å². The third kappa shape index (κ3) is 3.81. The summed E-state index contributed by atoms with van der Waals surface area (Å²) in [5.74, 6) is -1.64. The predicted octanol–water partition coefficient (Wildman–Crippen LogP) is 1.84. The summed E-state index contributed by atoms with van der Waals surface area (Å²) in [6.07, 6.45) is 1.39. The molecule has 0 aromatic heterocycles.